The molecule has 1 amide bonds. The molecule has 1 aromatic carbocycles. The van der Waals surface area contributed by atoms with Crippen molar-refractivity contribution in [2.45, 2.75) is 117 Å². The molecule has 5 aromatic rings. The zero-order valence-corrected chi connectivity index (χ0v) is 36.7. The monoisotopic (exact) mass is 869 g/mol. The Morgan fingerprint density at radius 3 is 2.08 bits per heavy atom. The second-order valence-corrected chi connectivity index (χ2v) is 17.5. The first-order valence-electron chi connectivity index (χ1n) is 20.3. The molecule has 12 nitrogen and oxygen atoms in total. The van der Waals surface area contributed by atoms with E-state index in [1.165, 1.54) is 12.1 Å². The molecule has 2 fully saturated rings. The summed E-state index contributed by atoms with van der Waals surface area (Å²) in [5.41, 5.74) is 1.35. The Balaban J connectivity index is 0.000000209. The van der Waals surface area contributed by atoms with E-state index in [1.54, 1.807) is 31.7 Å². The minimum absolute atomic E-state index is 0.0548. The fourth-order valence-corrected chi connectivity index (χ4v) is 8.36. The molecule has 60 heavy (non-hydrogen) atoms. The first-order chi connectivity index (χ1) is 28.3. The highest BCUT2D eigenvalue weighted by Crippen LogP contribution is 2.37. The van der Waals surface area contributed by atoms with Crippen molar-refractivity contribution in [3.8, 4) is 0 Å². The van der Waals surface area contributed by atoms with Gasteiger partial charge in [-0.25, -0.2) is 42.9 Å². The Bertz CT molecular complexity index is 2410. The van der Waals surface area contributed by atoms with Crippen LogP contribution < -0.4 is 10.9 Å². The minimum Gasteiger partial charge on any atom is -0.444 e. The molecule has 0 radical (unpaired) electrons. The lowest BCUT2D eigenvalue weighted by molar-refractivity contribution is 0.0204. The molecule has 0 unspecified atom stereocenters. The van der Waals surface area contributed by atoms with Gasteiger partial charge >= 0.3 is 6.09 Å². The van der Waals surface area contributed by atoms with Gasteiger partial charge in [-0.3, -0.25) is 4.79 Å². The van der Waals surface area contributed by atoms with Crippen molar-refractivity contribution in [1.82, 2.24) is 39.7 Å². The third-order valence-corrected chi connectivity index (χ3v) is 11.6. The van der Waals surface area contributed by atoms with Crippen molar-refractivity contribution in [2.75, 3.05) is 31.5 Å². The lowest BCUT2D eigenvalue weighted by Crippen LogP contribution is -2.41. The van der Waals surface area contributed by atoms with Crippen molar-refractivity contribution < 1.29 is 22.7 Å². The number of hydrogen-bond donors (Lipinski definition) is 2. The number of amides is 1. The number of carbonyl (C=O) groups excluding carboxylic acids is 1. The van der Waals surface area contributed by atoms with Crippen molar-refractivity contribution in [3.05, 3.63) is 90.7 Å². The van der Waals surface area contributed by atoms with E-state index in [1.807, 2.05) is 26.8 Å². The number of carbonyl (C=O) groups is 1. The molecular formula is C43H52Cl2F3N9O3. The van der Waals surface area contributed by atoms with Crippen LogP contribution in [0.4, 0.5) is 23.8 Å². The van der Waals surface area contributed by atoms with E-state index in [-0.39, 0.29) is 29.1 Å². The number of rotatable bonds is 7. The van der Waals surface area contributed by atoms with E-state index in [2.05, 4.69) is 54.0 Å². The number of benzene rings is 1. The van der Waals surface area contributed by atoms with Crippen LogP contribution in [0.25, 0.3) is 22.1 Å². The topological polar surface area (TPSA) is 142 Å². The second-order valence-electron chi connectivity index (χ2n) is 16.8. The summed E-state index contributed by atoms with van der Waals surface area (Å²) in [5.74, 6) is 0.876. The Labute approximate surface area is 357 Å². The van der Waals surface area contributed by atoms with Gasteiger partial charge in [0.15, 0.2) is 5.65 Å². The normalized spacial score (nSPS) is 16.4. The Morgan fingerprint density at radius 2 is 1.45 bits per heavy atom. The van der Waals surface area contributed by atoms with E-state index >= 15 is 0 Å². The Hall–Kier alpha value is -4.60. The van der Waals surface area contributed by atoms with Crippen LogP contribution >= 0.6 is 23.2 Å². The van der Waals surface area contributed by atoms with E-state index in [0.717, 1.165) is 37.6 Å². The number of nitrogens with zero attached hydrogens (tertiary/aromatic N) is 7. The maximum absolute atomic E-state index is 14.7. The summed E-state index contributed by atoms with van der Waals surface area (Å²) in [6.45, 7) is 18.2. The molecule has 0 saturated carbocycles. The molecule has 2 saturated heterocycles. The fraction of sp³-hybridized carbons (Fsp3) is 0.512. The third kappa shape index (κ3) is 10.5. The second kappa shape index (κ2) is 18.6. The Kier molecular flexibility index (Phi) is 13.9. The molecule has 6 heterocycles. The van der Waals surface area contributed by atoms with Gasteiger partial charge in [0, 0.05) is 30.3 Å². The summed E-state index contributed by atoms with van der Waals surface area (Å²) >= 11 is 12.8. The highest BCUT2D eigenvalue weighted by Gasteiger charge is 2.30. The average molecular weight is 871 g/mol. The number of aromatic nitrogens is 6. The SMILES string of the molecule is Cc1nc(Cl)c2cc(C3CCN(C(=O)OC(C)(C)C)CC3)c(=O)[nH]c2n1.Cc1nc(N[C@H](C)c2cccc(C(F)F)c2F)c2cc(C3CCN(C(C)C)CC3)c(Cl)nc2n1. The summed E-state index contributed by atoms with van der Waals surface area (Å²) in [5, 5.41) is 5.27. The lowest BCUT2D eigenvalue weighted by Gasteiger charge is -2.35. The van der Waals surface area contributed by atoms with Crippen molar-refractivity contribution in [2.24, 2.45) is 0 Å². The predicted octanol–water partition coefficient (Wildman–Crippen LogP) is 10.2. The number of aryl methyl sites for hydroxylation is 2. The summed E-state index contributed by atoms with van der Waals surface area (Å²) in [6.07, 6.45) is 0.141. The largest absolute Gasteiger partial charge is 0.444 e. The fourth-order valence-electron chi connectivity index (χ4n) is 7.81. The minimum atomic E-state index is -2.88. The molecule has 17 heteroatoms. The molecule has 0 spiro atoms. The van der Waals surface area contributed by atoms with Crippen molar-refractivity contribution in [1.29, 1.82) is 0 Å². The molecular weight excluding hydrogens is 818 g/mol. The number of hydrogen-bond acceptors (Lipinski definition) is 10. The zero-order chi connectivity index (χ0) is 43.6. The van der Waals surface area contributed by atoms with Crippen LogP contribution in [0.3, 0.4) is 0 Å². The van der Waals surface area contributed by atoms with Gasteiger partial charge in [0.2, 0.25) is 0 Å². The quantitative estimate of drug-likeness (QED) is 0.120. The van der Waals surface area contributed by atoms with Gasteiger partial charge < -0.3 is 24.8 Å². The number of nitrogens with one attached hydrogen (secondary N) is 2. The summed E-state index contributed by atoms with van der Waals surface area (Å²) < 4.78 is 46.5. The number of aromatic amines is 1. The van der Waals surface area contributed by atoms with Crippen LogP contribution in [0.15, 0.2) is 35.1 Å². The van der Waals surface area contributed by atoms with E-state index in [4.69, 9.17) is 27.9 Å². The smallest absolute Gasteiger partial charge is 0.410 e. The number of alkyl halides is 2. The number of halogens is 5. The van der Waals surface area contributed by atoms with Gasteiger partial charge in [0.1, 0.15) is 44.8 Å². The number of H-pyrrole nitrogens is 1. The van der Waals surface area contributed by atoms with Gasteiger partial charge in [-0.05, 0) is 124 Å². The first kappa shape index (κ1) is 44.9. The number of likely N-dealkylation sites (tertiary alicyclic amines) is 2. The van der Waals surface area contributed by atoms with Gasteiger partial charge in [-0.15, -0.1) is 0 Å². The van der Waals surface area contributed by atoms with Gasteiger partial charge in [0.25, 0.3) is 12.0 Å². The molecule has 2 aliphatic heterocycles. The number of piperidine rings is 2. The highest BCUT2D eigenvalue weighted by atomic mass is 35.5. The van der Waals surface area contributed by atoms with Gasteiger partial charge in [-0.2, -0.15) is 0 Å². The Morgan fingerprint density at radius 1 is 0.850 bits per heavy atom. The summed E-state index contributed by atoms with van der Waals surface area (Å²) in [6, 6.07) is 7.68. The van der Waals surface area contributed by atoms with Gasteiger partial charge in [0.05, 0.1) is 22.4 Å². The van der Waals surface area contributed by atoms with E-state index < -0.39 is 29.4 Å². The third-order valence-electron chi connectivity index (χ3n) is 11.0. The molecule has 1 atom stereocenters. The highest BCUT2D eigenvalue weighted by molar-refractivity contribution is 6.33. The maximum Gasteiger partial charge on any atom is 0.410 e. The van der Waals surface area contributed by atoms with Gasteiger partial charge in [-0.1, -0.05) is 41.4 Å². The number of ether oxygens (including phenoxy) is 1. The molecule has 4 aromatic heterocycles. The molecule has 0 aliphatic carbocycles. The van der Waals surface area contributed by atoms with Crippen LogP contribution in [0.5, 0.6) is 0 Å². The number of fused-ring (bicyclic) bond motifs is 2. The molecule has 7 rings (SSSR count). The maximum atomic E-state index is 14.7. The van der Waals surface area contributed by atoms with E-state index in [0.29, 0.717) is 87.4 Å². The standard InChI is InChI=1S/C25H29ClF3N5.C18H23ClN4O3/c1-13(2)34-10-8-16(9-11-34)19-12-20-24(31-15(4)32-25(20)33-22(19)26)30-14(3)17-6-5-7-18(21(17)27)23(28)29;1-10-20-14(19)13-9-12(16(24)22-15(13)21-10)11-5-7-23(8-6-11)17(25)26-18(2,3)4/h5-7,12-14,16,23H,8-11H2,1-4H3,(H,30,31,32,33);9,11H,5-8H2,1-4H3,(H,20,21,22,24)/t14-;/m1./s1. The van der Waals surface area contributed by atoms with E-state index in [9.17, 15) is 22.8 Å². The lowest BCUT2D eigenvalue weighted by atomic mass is 9.89. The molecule has 0 bridgehead atoms. The van der Waals surface area contributed by atoms with Crippen LogP contribution in [0.1, 0.15) is 125 Å². The van der Waals surface area contributed by atoms with Crippen LogP contribution in [-0.4, -0.2) is 83.6 Å². The molecule has 2 aliphatic rings. The summed E-state index contributed by atoms with van der Waals surface area (Å²) in [7, 11) is 0. The summed E-state index contributed by atoms with van der Waals surface area (Å²) in [4.78, 5) is 53.5. The van der Waals surface area contributed by atoms with Crippen LogP contribution in [0, 0.1) is 19.7 Å². The number of pyridine rings is 2. The predicted molar refractivity (Wildman–Crippen MR) is 229 cm³/mol. The van der Waals surface area contributed by atoms with Crippen molar-refractivity contribution >= 4 is 57.2 Å². The van der Waals surface area contributed by atoms with Crippen LogP contribution in [0.2, 0.25) is 10.3 Å². The zero-order valence-electron chi connectivity index (χ0n) is 35.2. The average Bonchev–Trinajstić information content (AvgIpc) is 3.17. The van der Waals surface area contributed by atoms with Crippen molar-refractivity contribution in [3.63, 3.8) is 0 Å². The number of anilines is 1. The van der Waals surface area contributed by atoms with Crippen LogP contribution in [-0.2, 0) is 4.74 Å². The molecule has 322 valence electrons. The first-order valence-corrected chi connectivity index (χ1v) is 21.0. The molecule has 2 N–H and O–H groups in total.